The topological polar surface area (TPSA) is 3.24 Å². The molecular formula is C15H19ClIN. The zero-order chi connectivity index (χ0) is 12.6. The van der Waals surface area contributed by atoms with Crippen molar-refractivity contribution in [3.63, 3.8) is 0 Å². The van der Waals surface area contributed by atoms with E-state index in [1.165, 1.54) is 60.9 Å². The van der Waals surface area contributed by atoms with Gasteiger partial charge in [0.15, 0.2) is 0 Å². The Morgan fingerprint density at radius 1 is 1.06 bits per heavy atom. The monoisotopic (exact) mass is 375 g/mol. The Kier molecular flexibility index (Phi) is 3.77. The second-order valence-corrected chi connectivity index (χ2v) is 7.52. The molecule has 0 bridgehead atoms. The van der Waals surface area contributed by atoms with E-state index in [4.69, 9.17) is 11.6 Å². The third-order valence-corrected chi connectivity index (χ3v) is 5.44. The average Bonchev–Trinajstić information content (AvgIpc) is 2.53. The summed E-state index contributed by atoms with van der Waals surface area (Å²) in [5, 5.41) is 0.908. The molecule has 3 heteroatoms. The van der Waals surface area contributed by atoms with Crippen molar-refractivity contribution in [2.45, 2.75) is 38.5 Å². The molecule has 2 aliphatic rings. The maximum atomic E-state index is 6.35. The van der Waals surface area contributed by atoms with Gasteiger partial charge in [-0.25, -0.2) is 0 Å². The number of halogens is 2. The second-order valence-electron chi connectivity index (χ2n) is 5.87. The van der Waals surface area contributed by atoms with Crippen LogP contribution in [0.5, 0.6) is 0 Å². The Morgan fingerprint density at radius 3 is 2.33 bits per heavy atom. The summed E-state index contributed by atoms with van der Waals surface area (Å²) in [5.41, 5.74) is 1.84. The molecule has 0 amide bonds. The smallest absolute Gasteiger partial charge is 0.0650 e. The molecule has 1 spiro atoms. The molecule has 1 nitrogen and oxygen atoms in total. The van der Waals surface area contributed by atoms with Crippen molar-refractivity contribution in [2.75, 3.05) is 18.0 Å². The second kappa shape index (κ2) is 5.20. The first-order valence-electron chi connectivity index (χ1n) is 6.89. The third-order valence-electron chi connectivity index (χ3n) is 4.47. The van der Waals surface area contributed by atoms with Crippen molar-refractivity contribution in [2.24, 2.45) is 5.41 Å². The van der Waals surface area contributed by atoms with Crippen molar-refractivity contribution >= 4 is 39.9 Å². The molecule has 18 heavy (non-hydrogen) atoms. The highest BCUT2D eigenvalue weighted by molar-refractivity contribution is 14.1. The zero-order valence-corrected chi connectivity index (χ0v) is 13.5. The predicted molar refractivity (Wildman–Crippen MR) is 86.5 cm³/mol. The van der Waals surface area contributed by atoms with Crippen molar-refractivity contribution in [3.8, 4) is 0 Å². The quantitative estimate of drug-likeness (QED) is 0.617. The van der Waals surface area contributed by atoms with Crippen LogP contribution in [0, 0.1) is 8.99 Å². The summed E-state index contributed by atoms with van der Waals surface area (Å²) in [4.78, 5) is 2.46. The first-order chi connectivity index (χ1) is 8.69. The van der Waals surface area contributed by atoms with E-state index >= 15 is 0 Å². The molecule has 1 saturated carbocycles. The van der Waals surface area contributed by atoms with Crippen LogP contribution in [0.4, 0.5) is 5.69 Å². The van der Waals surface area contributed by atoms with Gasteiger partial charge in [-0.15, -0.1) is 0 Å². The van der Waals surface area contributed by atoms with Crippen LogP contribution < -0.4 is 4.90 Å². The summed E-state index contributed by atoms with van der Waals surface area (Å²) < 4.78 is 1.21. The van der Waals surface area contributed by atoms with Gasteiger partial charge in [0.1, 0.15) is 0 Å². The minimum absolute atomic E-state index is 0.614. The van der Waals surface area contributed by atoms with Crippen LogP contribution in [0.2, 0.25) is 5.02 Å². The highest BCUT2D eigenvalue weighted by Crippen LogP contribution is 2.45. The lowest BCUT2D eigenvalue weighted by molar-refractivity contribution is 0.180. The van der Waals surface area contributed by atoms with Gasteiger partial charge in [0, 0.05) is 22.1 Å². The van der Waals surface area contributed by atoms with E-state index in [0.717, 1.165) is 5.02 Å². The molecule has 0 unspecified atom stereocenters. The predicted octanol–water partition coefficient (Wildman–Crippen LogP) is 5.11. The number of nitrogens with zero attached hydrogens (tertiary/aromatic N) is 1. The molecule has 2 fully saturated rings. The van der Waals surface area contributed by atoms with Crippen molar-refractivity contribution < 1.29 is 0 Å². The maximum absolute atomic E-state index is 6.35. The van der Waals surface area contributed by atoms with E-state index in [-0.39, 0.29) is 0 Å². The van der Waals surface area contributed by atoms with E-state index in [0.29, 0.717) is 5.41 Å². The van der Waals surface area contributed by atoms with Crippen LogP contribution in [0.3, 0.4) is 0 Å². The van der Waals surface area contributed by atoms with Gasteiger partial charge in [0.25, 0.3) is 0 Å². The van der Waals surface area contributed by atoms with Crippen LogP contribution in [0.1, 0.15) is 38.5 Å². The SMILES string of the molecule is Clc1cc(I)ccc1N1CC2(CCCCCC2)C1. The van der Waals surface area contributed by atoms with E-state index < -0.39 is 0 Å². The van der Waals surface area contributed by atoms with Crippen LogP contribution in [0.25, 0.3) is 0 Å². The average molecular weight is 376 g/mol. The molecule has 1 aliphatic heterocycles. The molecule has 0 radical (unpaired) electrons. The van der Waals surface area contributed by atoms with Gasteiger partial charge < -0.3 is 4.90 Å². The van der Waals surface area contributed by atoms with E-state index in [2.05, 4.69) is 45.7 Å². The highest BCUT2D eigenvalue weighted by Gasteiger charge is 2.42. The molecule has 1 saturated heterocycles. The van der Waals surface area contributed by atoms with Gasteiger partial charge in [-0.1, -0.05) is 37.3 Å². The molecule has 1 aromatic carbocycles. The van der Waals surface area contributed by atoms with E-state index in [1.807, 2.05) is 0 Å². The molecule has 1 aromatic rings. The van der Waals surface area contributed by atoms with Gasteiger partial charge >= 0.3 is 0 Å². The minimum Gasteiger partial charge on any atom is -0.369 e. The lowest BCUT2D eigenvalue weighted by Gasteiger charge is -2.52. The van der Waals surface area contributed by atoms with Crippen LogP contribution >= 0.6 is 34.2 Å². The molecule has 98 valence electrons. The molecular weight excluding hydrogens is 357 g/mol. The molecule has 0 atom stereocenters. The molecule has 0 N–H and O–H groups in total. The summed E-state index contributed by atoms with van der Waals surface area (Å²) in [6.07, 6.45) is 8.57. The fraction of sp³-hybridized carbons (Fsp3) is 0.600. The Balaban J connectivity index is 1.70. The largest absolute Gasteiger partial charge is 0.369 e. The lowest BCUT2D eigenvalue weighted by Crippen LogP contribution is -2.56. The summed E-state index contributed by atoms with van der Waals surface area (Å²) in [7, 11) is 0. The molecule has 1 heterocycles. The molecule has 3 rings (SSSR count). The Hall–Kier alpha value is 0.0400. The van der Waals surface area contributed by atoms with Crippen LogP contribution in [-0.4, -0.2) is 13.1 Å². The summed E-state index contributed by atoms with van der Waals surface area (Å²) in [5.74, 6) is 0. The summed E-state index contributed by atoms with van der Waals surface area (Å²) in [6.45, 7) is 2.43. The summed E-state index contributed by atoms with van der Waals surface area (Å²) in [6, 6.07) is 6.39. The van der Waals surface area contributed by atoms with Gasteiger partial charge in [-0.3, -0.25) is 0 Å². The van der Waals surface area contributed by atoms with Gasteiger partial charge in [-0.2, -0.15) is 0 Å². The molecule has 0 aromatic heterocycles. The minimum atomic E-state index is 0.614. The van der Waals surface area contributed by atoms with Crippen LogP contribution in [-0.2, 0) is 0 Å². The van der Waals surface area contributed by atoms with E-state index in [9.17, 15) is 0 Å². The maximum Gasteiger partial charge on any atom is 0.0650 e. The Labute approximate surface area is 128 Å². The third kappa shape index (κ3) is 2.51. The highest BCUT2D eigenvalue weighted by atomic mass is 127. The van der Waals surface area contributed by atoms with Crippen molar-refractivity contribution in [1.29, 1.82) is 0 Å². The number of benzene rings is 1. The number of hydrogen-bond donors (Lipinski definition) is 0. The molecule has 1 aliphatic carbocycles. The number of hydrogen-bond acceptors (Lipinski definition) is 1. The standard InChI is InChI=1S/C15H19ClIN/c16-13-9-12(17)5-6-14(13)18-10-15(11-18)7-3-1-2-4-8-15/h5-6,9H,1-4,7-8,10-11H2. The van der Waals surface area contributed by atoms with Crippen molar-refractivity contribution in [1.82, 2.24) is 0 Å². The van der Waals surface area contributed by atoms with E-state index in [1.54, 1.807) is 0 Å². The van der Waals surface area contributed by atoms with Gasteiger partial charge in [-0.05, 0) is 53.6 Å². The Bertz CT molecular complexity index is 430. The van der Waals surface area contributed by atoms with Gasteiger partial charge in [0.05, 0.1) is 10.7 Å². The fourth-order valence-electron chi connectivity index (χ4n) is 3.47. The first-order valence-corrected chi connectivity index (χ1v) is 8.34. The van der Waals surface area contributed by atoms with Crippen LogP contribution in [0.15, 0.2) is 18.2 Å². The Morgan fingerprint density at radius 2 is 1.72 bits per heavy atom. The lowest BCUT2D eigenvalue weighted by atomic mass is 9.73. The number of anilines is 1. The van der Waals surface area contributed by atoms with Gasteiger partial charge in [0.2, 0.25) is 0 Å². The summed E-state index contributed by atoms with van der Waals surface area (Å²) >= 11 is 8.66. The zero-order valence-electron chi connectivity index (χ0n) is 10.6. The normalized spacial score (nSPS) is 22.7. The first kappa shape index (κ1) is 13.0. The fourth-order valence-corrected chi connectivity index (χ4v) is 4.44. The van der Waals surface area contributed by atoms with Crippen molar-refractivity contribution in [3.05, 3.63) is 26.8 Å². The number of rotatable bonds is 1.